The molecule has 0 bridgehead atoms. The molecule has 0 aliphatic heterocycles. The zero-order valence-corrected chi connectivity index (χ0v) is 17.4. The number of phenolic OH excluding ortho intramolecular Hbond substituents is 1. The quantitative estimate of drug-likeness (QED) is 0.400. The number of aliphatic carboxylic acids is 1. The predicted molar refractivity (Wildman–Crippen MR) is 78.9 cm³/mol. The Morgan fingerprint density at radius 3 is 2.27 bits per heavy atom. The zero-order valence-electron chi connectivity index (χ0n) is 13.4. The van der Waals surface area contributed by atoms with Crippen molar-refractivity contribution in [2.45, 2.75) is 38.5 Å². The summed E-state index contributed by atoms with van der Waals surface area (Å²) in [5, 5.41) is 22.5. The van der Waals surface area contributed by atoms with Crippen LogP contribution >= 0.6 is 0 Å². The van der Waals surface area contributed by atoms with Crippen molar-refractivity contribution < 1.29 is 49.4 Å². The molecule has 1 amide bonds. The van der Waals surface area contributed by atoms with Crippen molar-refractivity contribution in [1.29, 1.82) is 0 Å². The number of carbonyl (C=O) groups is 2. The molecule has 1 radical (unpaired) electrons. The molecule has 2 N–H and O–H groups in total. The first-order valence-corrected chi connectivity index (χ1v) is 6.87. The molecule has 7 heteroatoms. The normalized spacial score (nSPS) is 9.27. The van der Waals surface area contributed by atoms with Gasteiger partial charge in [-0.1, -0.05) is 31.4 Å². The number of nitrogens with one attached hydrogen (secondary N) is 1. The van der Waals surface area contributed by atoms with Crippen LogP contribution in [0.15, 0.2) is 24.3 Å². The van der Waals surface area contributed by atoms with Crippen LogP contribution in [-0.4, -0.2) is 53.1 Å². The minimum absolute atomic E-state index is 0. The maximum atomic E-state index is 11.7. The Kier molecular flexibility index (Phi) is 16.0. The predicted octanol–water partition coefficient (Wildman–Crippen LogP) is -2.16. The number of amides is 1. The van der Waals surface area contributed by atoms with Crippen LogP contribution in [0.1, 0.15) is 48.9 Å². The summed E-state index contributed by atoms with van der Waals surface area (Å²) >= 11 is 0. The Labute approximate surface area is 175 Å². The van der Waals surface area contributed by atoms with E-state index in [0.29, 0.717) is 13.0 Å². The Morgan fingerprint density at radius 2 is 1.64 bits per heavy atom. The van der Waals surface area contributed by atoms with Gasteiger partial charge in [0.1, 0.15) is 5.75 Å². The standard InChI is InChI=1S/C15H21NO4.2Na/c17-13-9-6-5-8-12(13)15(20)16-11-7-3-1-2-4-10-14(18)19;;/h5-6,8-9,17H,1-4,7,10-11H2,(H,16,20)(H,18,19);;/q;;+1/p-1. The van der Waals surface area contributed by atoms with Crippen LogP contribution in [0, 0.1) is 0 Å². The summed E-state index contributed by atoms with van der Waals surface area (Å²) in [5.74, 6) is -1.30. The van der Waals surface area contributed by atoms with Gasteiger partial charge in [0.2, 0.25) is 0 Å². The average molecular weight is 324 g/mol. The average Bonchev–Trinajstić information content (AvgIpc) is 2.41. The molecule has 0 unspecified atom stereocenters. The number of hydrogen-bond donors (Lipinski definition) is 2. The molecule has 0 heterocycles. The van der Waals surface area contributed by atoms with Crippen LogP contribution in [0.4, 0.5) is 0 Å². The van der Waals surface area contributed by atoms with Crippen LogP contribution < -0.4 is 40.0 Å². The first kappa shape index (κ1) is 24.2. The van der Waals surface area contributed by atoms with Gasteiger partial charge in [-0.15, -0.1) is 0 Å². The van der Waals surface area contributed by atoms with E-state index >= 15 is 0 Å². The monoisotopic (exact) mass is 324 g/mol. The summed E-state index contributed by atoms with van der Waals surface area (Å²) in [6.07, 6.45) is 4.34. The first-order chi connectivity index (χ1) is 9.61. The second-order valence-corrected chi connectivity index (χ2v) is 4.66. The van der Waals surface area contributed by atoms with Crippen molar-refractivity contribution in [2.75, 3.05) is 6.54 Å². The largest absolute Gasteiger partial charge is 1.00 e. The van der Waals surface area contributed by atoms with E-state index in [4.69, 9.17) is 0 Å². The van der Waals surface area contributed by atoms with E-state index < -0.39 is 5.97 Å². The van der Waals surface area contributed by atoms with Crippen molar-refractivity contribution >= 4 is 41.4 Å². The number of para-hydroxylation sites is 1. The smallest absolute Gasteiger partial charge is 0.550 e. The van der Waals surface area contributed by atoms with Gasteiger partial charge in [0.25, 0.3) is 5.91 Å². The molecule has 0 fully saturated rings. The maximum absolute atomic E-state index is 11.7. The summed E-state index contributed by atoms with van der Waals surface area (Å²) in [6.45, 7) is 0.549. The number of unbranched alkanes of at least 4 members (excludes halogenated alkanes) is 4. The molecule has 0 aromatic heterocycles. The van der Waals surface area contributed by atoms with Gasteiger partial charge in [-0.2, -0.15) is 0 Å². The molecule has 5 nitrogen and oxygen atoms in total. The topological polar surface area (TPSA) is 89.5 Å². The maximum Gasteiger partial charge on any atom is 1.00 e. The van der Waals surface area contributed by atoms with E-state index in [-0.39, 0.29) is 82.8 Å². The molecule has 0 saturated heterocycles. The van der Waals surface area contributed by atoms with Gasteiger partial charge in [-0.25, -0.2) is 0 Å². The van der Waals surface area contributed by atoms with Gasteiger partial charge in [-0.3, -0.25) is 4.79 Å². The van der Waals surface area contributed by atoms with Gasteiger partial charge in [0.15, 0.2) is 0 Å². The van der Waals surface area contributed by atoms with E-state index in [1.165, 1.54) is 6.07 Å². The molecule has 1 aromatic carbocycles. The summed E-state index contributed by atoms with van der Waals surface area (Å²) in [6, 6.07) is 6.42. The summed E-state index contributed by atoms with van der Waals surface area (Å²) in [7, 11) is 0. The second kappa shape index (κ2) is 14.5. The van der Waals surface area contributed by atoms with E-state index in [0.717, 1.165) is 25.7 Å². The number of benzene rings is 1. The molecular weight excluding hydrogens is 304 g/mol. The first-order valence-electron chi connectivity index (χ1n) is 6.87. The number of carboxylic acid groups (broad SMARTS) is 1. The Hall–Kier alpha value is -0.0400. The minimum atomic E-state index is -1.00. The van der Waals surface area contributed by atoms with Crippen molar-refractivity contribution in [2.24, 2.45) is 0 Å². The number of rotatable bonds is 9. The summed E-state index contributed by atoms with van der Waals surface area (Å²) in [5.41, 5.74) is 0.279. The number of carboxylic acids is 1. The van der Waals surface area contributed by atoms with Crippen LogP contribution in [0.3, 0.4) is 0 Å². The molecule has 111 valence electrons. The van der Waals surface area contributed by atoms with E-state index in [1.54, 1.807) is 18.2 Å². The Balaban J connectivity index is 0. The van der Waals surface area contributed by atoms with E-state index in [2.05, 4.69) is 5.32 Å². The van der Waals surface area contributed by atoms with Crippen molar-refractivity contribution in [3.8, 4) is 5.75 Å². The molecule has 0 atom stereocenters. The fourth-order valence-electron chi connectivity index (χ4n) is 1.89. The summed E-state index contributed by atoms with van der Waals surface area (Å²) < 4.78 is 0. The number of aromatic hydroxyl groups is 1. The van der Waals surface area contributed by atoms with Gasteiger partial charge in [-0.05, 0) is 31.4 Å². The van der Waals surface area contributed by atoms with Crippen LogP contribution in [-0.2, 0) is 4.79 Å². The van der Waals surface area contributed by atoms with Gasteiger partial charge in [0, 0.05) is 42.1 Å². The van der Waals surface area contributed by atoms with Gasteiger partial charge >= 0.3 is 29.6 Å². The van der Waals surface area contributed by atoms with Crippen LogP contribution in [0.25, 0.3) is 0 Å². The van der Waals surface area contributed by atoms with Crippen molar-refractivity contribution in [3.05, 3.63) is 29.8 Å². The molecule has 0 aliphatic rings. The van der Waals surface area contributed by atoms with E-state index in [9.17, 15) is 19.8 Å². The molecule has 1 rings (SSSR count). The fourth-order valence-corrected chi connectivity index (χ4v) is 1.89. The molecule has 1 aromatic rings. The van der Waals surface area contributed by atoms with Gasteiger partial charge in [0.05, 0.1) is 5.56 Å². The molecule has 0 spiro atoms. The Bertz CT molecular complexity index is 455. The van der Waals surface area contributed by atoms with Crippen molar-refractivity contribution in [3.63, 3.8) is 0 Å². The minimum Gasteiger partial charge on any atom is -0.550 e. The molecule has 0 saturated carbocycles. The second-order valence-electron chi connectivity index (χ2n) is 4.66. The SMILES string of the molecule is O=C([O-])CCCCCCCNC(=O)c1ccccc1O.[Na+].[Na]. The van der Waals surface area contributed by atoms with E-state index in [1.807, 2.05) is 0 Å². The fraction of sp³-hybridized carbons (Fsp3) is 0.467. The Morgan fingerprint density at radius 1 is 1.05 bits per heavy atom. The van der Waals surface area contributed by atoms with Crippen LogP contribution in [0.5, 0.6) is 5.75 Å². The zero-order chi connectivity index (χ0) is 14.8. The molecule has 22 heavy (non-hydrogen) atoms. The third-order valence-corrected chi connectivity index (χ3v) is 2.99. The third-order valence-electron chi connectivity index (χ3n) is 2.99. The number of phenols is 1. The number of carbonyl (C=O) groups excluding carboxylic acids is 2. The summed E-state index contributed by atoms with van der Waals surface area (Å²) in [4.78, 5) is 21.9. The third kappa shape index (κ3) is 10.6. The molecule has 0 aliphatic carbocycles. The number of hydrogen-bond acceptors (Lipinski definition) is 4. The van der Waals surface area contributed by atoms with Gasteiger partial charge < -0.3 is 20.3 Å². The molecular formula is C15H20NNa2O4. The van der Waals surface area contributed by atoms with Crippen molar-refractivity contribution in [1.82, 2.24) is 5.32 Å². The van der Waals surface area contributed by atoms with Crippen LogP contribution in [0.2, 0.25) is 0 Å².